The Hall–Kier alpha value is 0.662. The molecule has 0 nitrogen and oxygen atoms in total. The minimum absolute atomic E-state index is 1.01. The summed E-state index contributed by atoms with van der Waals surface area (Å²) in [5.41, 5.74) is 0. The standard InChI is InChI=1S/C7H9.Tl/c1-2-7-4-3-6(1)5-7;/h1-3,6-7H,4-5H2;. The molecule has 40 valence electrons. The second-order valence-corrected chi connectivity index (χ2v) is 6.27. The Morgan fingerprint density at radius 3 is 2.38 bits per heavy atom. The van der Waals surface area contributed by atoms with Crippen LogP contribution in [-0.2, 0) is 0 Å². The summed E-state index contributed by atoms with van der Waals surface area (Å²) in [5, 5.41) is 0. The number of fused-ring (bicyclic) bond motifs is 2. The van der Waals surface area contributed by atoms with Gasteiger partial charge in [0.25, 0.3) is 0 Å². The normalized spacial score (nSPS) is 50.6. The van der Waals surface area contributed by atoms with E-state index < -0.39 is 0 Å². The predicted octanol–water partition coefficient (Wildman–Crippen LogP) is 1.54. The summed E-state index contributed by atoms with van der Waals surface area (Å²) in [4.78, 5) is 0. The third-order valence-corrected chi connectivity index (χ3v) is 5.31. The van der Waals surface area contributed by atoms with Crippen LogP contribution in [0.5, 0.6) is 0 Å². The number of hydrogen-bond donors (Lipinski definition) is 0. The molecule has 2 aliphatic carbocycles. The molecule has 1 fully saturated rings. The second-order valence-electron chi connectivity index (χ2n) is 2.94. The van der Waals surface area contributed by atoms with Crippen LogP contribution in [0, 0.1) is 11.8 Å². The van der Waals surface area contributed by atoms with Crippen molar-refractivity contribution in [2.45, 2.75) is 16.3 Å². The van der Waals surface area contributed by atoms with Crippen molar-refractivity contribution >= 4 is 25.8 Å². The Morgan fingerprint density at radius 1 is 1.25 bits per heavy atom. The molecule has 0 aromatic heterocycles. The van der Waals surface area contributed by atoms with E-state index in [1.165, 1.54) is 38.6 Å². The molecule has 0 aliphatic heterocycles. The van der Waals surface area contributed by atoms with Gasteiger partial charge in [-0.05, 0) is 0 Å². The summed E-state index contributed by atoms with van der Waals surface area (Å²) < 4.78 is 1.16. The van der Waals surface area contributed by atoms with Gasteiger partial charge < -0.3 is 0 Å². The van der Waals surface area contributed by atoms with Crippen LogP contribution in [0.25, 0.3) is 0 Å². The van der Waals surface area contributed by atoms with Crippen molar-refractivity contribution in [3.05, 3.63) is 12.2 Å². The van der Waals surface area contributed by atoms with Crippen molar-refractivity contribution in [1.82, 2.24) is 0 Å². The zero-order valence-corrected chi connectivity index (χ0v) is 9.37. The molecule has 8 heavy (non-hydrogen) atoms. The molecule has 1 heteroatoms. The molecule has 2 rings (SSSR count). The average molecular weight is 298 g/mol. The molecule has 1 saturated carbocycles. The van der Waals surface area contributed by atoms with Gasteiger partial charge in [-0.15, -0.1) is 0 Å². The van der Waals surface area contributed by atoms with Gasteiger partial charge in [-0.2, -0.15) is 0 Å². The molecule has 0 heterocycles. The van der Waals surface area contributed by atoms with E-state index in [0.717, 1.165) is 15.3 Å². The average Bonchev–Trinajstić information content (AvgIpc) is 2.23. The zero-order valence-electron chi connectivity index (χ0n) is 4.88. The second kappa shape index (κ2) is 1.82. The number of rotatable bonds is 0. The Morgan fingerprint density at radius 2 is 2.12 bits per heavy atom. The van der Waals surface area contributed by atoms with E-state index in [2.05, 4.69) is 12.2 Å². The molecule has 0 aromatic carbocycles. The molecule has 2 aliphatic rings. The van der Waals surface area contributed by atoms with Gasteiger partial charge in [0.15, 0.2) is 0 Å². The summed E-state index contributed by atoms with van der Waals surface area (Å²) in [6, 6.07) is 0. The van der Waals surface area contributed by atoms with Crippen LogP contribution in [0.15, 0.2) is 12.2 Å². The molecule has 0 saturated heterocycles. The summed E-state index contributed by atoms with van der Waals surface area (Å²) in [6.45, 7) is 0. The van der Waals surface area contributed by atoms with Crippen LogP contribution in [0.4, 0.5) is 0 Å². The minimum atomic E-state index is 1.01. The first kappa shape index (κ1) is 5.45. The summed E-state index contributed by atoms with van der Waals surface area (Å²) >= 11 is 1.24. The van der Waals surface area contributed by atoms with Gasteiger partial charge in [0.2, 0.25) is 0 Å². The maximum atomic E-state index is 2.44. The van der Waals surface area contributed by atoms with E-state index in [0.29, 0.717) is 0 Å². The monoisotopic (exact) mass is 298 g/mol. The fourth-order valence-electron chi connectivity index (χ4n) is 1.82. The summed E-state index contributed by atoms with van der Waals surface area (Å²) in [7, 11) is 0. The van der Waals surface area contributed by atoms with E-state index in [-0.39, 0.29) is 0 Å². The molecule has 0 radical (unpaired) electrons. The third kappa shape index (κ3) is 0.685. The predicted molar refractivity (Wildman–Crippen MR) is 34.9 cm³/mol. The van der Waals surface area contributed by atoms with Gasteiger partial charge in [-0.3, -0.25) is 0 Å². The van der Waals surface area contributed by atoms with Crippen LogP contribution in [0.1, 0.15) is 12.8 Å². The quantitative estimate of drug-likeness (QED) is 0.470. The van der Waals surface area contributed by atoms with Crippen LogP contribution in [0.3, 0.4) is 0 Å². The molecule has 0 spiro atoms. The fourth-order valence-corrected chi connectivity index (χ4v) is 4.29. The fraction of sp³-hybridized carbons (Fsp3) is 0.714. The number of allylic oxidation sites excluding steroid dienone is 2. The first-order chi connectivity index (χ1) is 3.86. The molecule has 3 atom stereocenters. The van der Waals surface area contributed by atoms with E-state index in [9.17, 15) is 0 Å². The Bertz CT molecular complexity index is 128. The maximum absolute atomic E-state index is 2.44. The van der Waals surface area contributed by atoms with Gasteiger partial charge in [0, 0.05) is 0 Å². The van der Waals surface area contributed by atoms with Crippen molar-refractivity contribution in [3.8, 4) is 0 Å². The van der Waals surface area contributed by atoms with Crippen molar-refractivity contribution in [1.29, 1.82) is 0 Å². The summed E-state index contributed by atoms with van der Waals surface area (Å²) in [6.07, 6.45) is 7.90. The molecule has 2 bridgehead atoms. The van der Waals surface area contributed by atoms with Gasteiger partial charge >= 0.3 is 66.1 Å². The number of hydrogen-bond acceptors (Lipinski definition) is 0. The topological polar surface area (TPSA) is 0 Å². The van der Waals surface area contributed by atoms with Gasteiger partial charge in [0.05, 0.1) is 0 Å². The van der Waals surface area contributed by atoms with Crippen molar-refractivity contribution < 1.29 is 0 Å². The molecule has 3 unspecified atom stereocenters. The first-order valence-electron chi connectivity index (χ1n) is 3.30. The van der Waals surface area contributed by atoms with Crippen molar-refractivity contribution in [2.24, 2.45) is 11.8 Å². The van der Waals surface area contributed by atoms with Crippen molar-refractivity contribution in [2.75, 3.05) is 0 Å². The Kier molecular flexibility index (Phi) is 1.24. The van der Waals surface area contributed by atoms with Crippen LogP contribution < -0.4 is 0 Å². The molecular weight excluding hydrogens is 288 g/mol. The van der Waals surface area contributed by atoms with E-state index in [1.54, 1.807) is 0 Å². The SMILES string of the molecule is [Tl][CH]1CC2C=CC1C2. The van der Waals surface area contributed by atoms with Crippen LogP contribution in [-0.4, -0.2) is 25.8 Å². The summed E-state index contributed by atoms with van der Waals surface area (Å²) in [5.74, 6) is 2.04. The van der Waals surface area contributed by atoms with Gasteiger partial charge in [-0.25, -0.2) is 0 Å². The van der Waals surface area contributed by atoms with Crippen LogP contribution in [0.2, 0.25) is 3.48 Å². The molecule has 0 aromatic rings. The molecule has 0 amide bonds. The first-order valence-corrected chi connectivity index (χ1v) is 5.89. The Labute approximate surface area is 66.0 Å². The van der Waals surface area contributed by atoms with E-state index in [4.69, 9.17) is 0 Å². The van der Waals surface area contributed by atoms with Gasteiger partial charge in [0.1, 0.15) is 0 Å². The van der Waals surface area contributed by atoms with E-state index >= 15 is 0 Å². The van der Waals surface area contributed by atoms with Crippen molar-refractivity contribution in [3.63, 3.8) is 0 Å². The van der Waals surface area contributed by atoms with Crippen LogP contribution >= 0.6 is 0 Å². The van der Waals surface area contributed by atoms with E-state index in [1.807, 2.05) is 0 Å². The van der Waals surface area contributed by atoms with Gasteiger partial charge in [-0.1, -0.05) is 0 Å². The Balaban J connectivity index is 2.23. The zero-order chi connectivity index (χ0) is 5.56. The molecular formula is C7H9Tl. The third-order valence-electron chi connectivity index (χ3n) is 2.33. The molecule has 0 N–H and O–H groups in total.